The van der Waals surface area contributed by atoms with Gasteiger partial charge in [0.25, 0.3) is 5.97 Å². The molecular formula is C2H4Cl3O2Zr. The first-order valence-corrected chi connectivity index (χ1v) is 11.0. The van der Waals surface area contributed by atoms with Crippen LogP contribution in [0, 0.1) is 0 Å². The summed E-state index contributed by atoms with van der Waals surface area (Å²) in [6, 6.07) is 0. The van der Waals surface area contributed by atoms with Crippen LogP contribution in [-0.4, -0.2) is 11.1 Å². The monoisotopic (exact) mass is 255 g/mol. The topological polar surface area (TPSA) is 37.3 Å². The van der Waals surface area contributed by atoms with Gasteiger partial charge in [0.15, 0.2) is 0 Å². The van der Waals surface area contributed by atoms with Gasteiger partial charge in [0.2, 0.25) is 0 Å². The number of halogens is 3. The molecule has 0 amide bonds. The fourth-order valence-corrected chi connectivity index (χ4v) is 0. The van der Waals surface area contributed by atoms with Crippen LogP contribution in [0.2, 0.25) is 0 Å². The summed E-state index contributed by atoms with van der Waals surface area (Å²) < 4.78 is 0. The molecular weight excluding hydrogens is 254 g/mol. The van der Waals surface area contributed by atoms with Gasteiger partial charge in [-0.15, -0.1) is 0 Å². The molecule has 0 spiro atoms. The molecule has 0 aliphatic heterocycles. The van der Waals surface area contributed by atoms with Crippen molar-refractivity contribution in [3.8, 4) is 0 Å². The molecule has 0 heterocycles. The van der Waals surface area contributed by atoms with Crippen molar-refractivity contribution >= 4 is 31.5 Å². The molecule has 0 aliphatic carbocycles. The summed E-state index contributed by atoms with van der Waals surface area (Å²) in [7, 11) is 15.0. The minimum atomic E-state index is -2.13. The molecule has 0 saturated heterocycles. The normalized spacial score (nSPS) is 6.50. The summed E-state index contributed by atoms with van der Waals surface area (Å²) in [4.78, 5) is 9.00. The van der Waals surface area contributed by atoms with Crippen LogP contribution in [0.1, 0.15) is 6.92 Å². The van der Waals surface area contributed by atoms with Crippen LogP contribution in [0.25, 0.3) is 0 Å². The van der Waals surface area contributed by atoms with Crippen molar-refractivity contribution in [3.05, 3.63) is 0 Å². The third kappa shape index (κ3) is 187. The summed E-state index contributed by atoms with van der Waals surface area (Å²) in [5.74, 6) is -0.833. The first kappa shape index (κ1) is 12.0. The number of hydrogen-bond donors (Lipinski definition) is 1. The zero-order chi connectivity index (χ0) is 7.15. The summed E-state index contributed by atoms with van der Waals surface area (Å²) in [5, 5.41) is 7.42. The maximum atomic E-state index is 9.00. The number of hydrogen-bond acceptors (Lipinski definition) is 1. The fraction of sp³-hybridized carbons (Fsp3) is 0.500. The molecule has 0 unspecified atom stereocenters. The quantitative estimate of drug-likeness (QED) is 0.722. The van der Waals surface area contributed by atoms with Gasteiger partial charge in [-0.2, -0.15) is 0 Å². The number of rotatable bonds is 0. The van der Waals surface area contributed by atoms with E-state index in [0.717, 1.165) is 6.92 Å². The second-order valence-corrected chi connectivity index (χ2v) is 11.9. The second kappa shape index (κ2) is 8.22. The van der Waals surface area contributed by atoms with Crippen molar-refractivity contribution in [2.75, 3.05) is 0 Å². The van der Waals surface area contributed by atoms with Crippen LogP contribution in [0.3, 0.4) is 0 Å². The zero-order valence-corrected chi connectivity index (χ0v) is 8.72. The van der Waals surface area contributed by atoms with Crippen molar-refractivity contribution in [1.82, 2.24) is 0 Å². The number of aliphatic carboxylic acids is 1. The van der Waals surface area contributed by atoms with E-state index >= 15 is 0 Å². The second-order valence-electron chi connectivity index (χ2n) is 0.733. The van der Waals surface area contributed by atoms with Gasteiger partial charge in [-0.05, 0) is 0 Å². The summed E-state index contributed by atoms with van der Waals surface area (Å²) in [6.45, 7) is 1.08. The molecule has 0 fully saturated rings. The van der Waals surface area contributed by atoms with Crippen molar-refractivity contribution in [2.45, 2.75) is 6.92 Å². The van der Waals surface area contributed by atoms with Crippen LogP contribution in [0.15, 0.2) is 0 Å². The van der Waals surface area contributed by atoms with Crippen LogP contribution in [-0.2, 0) is 23.0 Å². The van der Waals surface area contributed by atoms with Crippen molar-refractivity contribution < 1.29 is 28.1 Å². The van der Waals surface area contributed by atoms with Gasteiger partial charge < -0.3 is 5.11 Å². The predicted octanol–water partition coefficient (Wildman–Crippen LogP) is 2.16. The average molecular weight is 258 g/mol. The van der Waals surface area contributed by atoms with Gasteiger partial charge in [0.1, 0.15) is 0 Å². The molecule has 0 rings (SSSR count). The first-order valence-electron chi connectivity index (χ1n) is 1.49. The van der Waals surface area contributed by atoms with Crippen molar-refractivity contribution in [1.29, 1.82) is 0 Å². The van der Waals surface area contributed by atoms with E-state index < -0.39 is 24.1 Å². The van der Waals surface area contributed by atoms with E-state index in [1.807, 2.05) is 0 Å². The number of carboxylic acids is 1. The van der Waals surface area contributed by atoms with Gasteiger partial charge in [-0.1, -0.05) is 0 Å². The summed E-state index contributed by atoms with van der Waals surface area (Å²) in [5.41, 5.74) is 0. The van der Waals surface area contributed by atoms with Gasteiger partial charge >= 0.3 is 43.7 Å². The van der Waals surface area contributed by atoms with E-state index in [4.69, 9.17) is 35.4 Å². The summed E-state index contributed by atoms with van der Waals surface area (Å²) >= 11 is -2.13. The molecule has 0 aromatic carbocycles. The van der Waals surface area contributed by atoms with Gasteiger partial charge in [0, 0.05) is 6.92 Å². The molecule has 49 valence electrons. The van der Waals surface area contributed by atoms with E-state index in [-0.39, 0.29) is 0 Å². The average Bonchev–Trinajstić information content (AvgIpc) is 1.25. The minimum absolute atomic E-state index is 0.833. The van der Waals surface area contributed by atoms with E-state index in [1.54, 1.807) is 0 Å². The molecule has 0 radical (unpaired) electrons. The molecule has 0 aliphatic rings. The van der Waals surface area contributed by atoms with E-state index in [2.05, 4.69) is 0 Å². The maximum absolute atomic E-state index is 9.00. The molecule has 0 aromatic heterocycles. The Balaban J connectivity index is 0. The summed E-state index contributed by atoms with van der Waals surface area (Å²) in [6.07, 6.45) is 0. The molecule has 8 heavy (non-hydrogen) atoms. The Morgan fingerprint density at radius 2 is 1.50 bits per heavy atom. The molecule has 0 saturated carbocycles. The van der Waals surface area contributed by atoms with E-state index in [9.17, 15) is 0 Å². The number of carbonyl (C=O) groups is 1. The molecule has 0 bridgehead atoms. The van der Waals surface area contributed by atoms with Crippen molar-refractivity contribution in [3.63, 3.8) is 0 Å². The Kier molecular flexibility index (Phi) is 12.3. The molecule has 2 nitrogen and oxygen atoms in total. The van der Waals surface area contributed by atoms with Crippen LogP contribution in [0.5, 0.6) is 0 Å². The van der Waals surface area contributed by atoms with E-state index in [1.165, 1.54) is 0 Å². The third-order valence-corrected chi connectivity index (χ3v) is 0. The zero-order valence-electron chi connectivity index (χ0n) is 3.99. The predicted molar refractivity (Wildman–Crippen MR) is 30.9 cm³/mol. The Hall–Kier alpha value is 1.22. The SMILES string of the molecule is CC(=O)O.[Cl][Zr]([Cl])[Cl]. The molecule has 6 heteroatoms. The van der Waals surface area contributed by atoms with Crippen LogP contribution < -0.4 is 0 Å². The van der Waals surface area contributed by atoms with Gasteiger partial charge in [-0.25, -0.2) is 0 Å². The number of carboxylic acid groups (broad SMARTS) is 1. The standard InChI is InChI=1S/C2H4O2.3ClH.Zr/c1-2(3)4;;;;/h1H3,(H,3,4);3*1H;/q;;;;+3/p-3. The van der Waals surface area contributed by atoms with E-state index in [0.29, 0.717) is 0 Å². The van der Waals surface area contributed by atoms with Crippen LogP contribution >= 0.6 is 25.5 Å². The molecule has 1 N–H and O–H groups in total. The Bertz CT molecular complexity index is 59.5. The molecule has 0 aromatic rings. The fourth-order valence-electron chi connectivity index (χ4n) is 0. The first-order chi connectivity index (χ1) is 3.46. The van der Waals surface area contributed by atoms with Gasteiger partial charge in [0.05, 0.1) is 0 Å². The Morgan fingerprint density at radius 3 is 1.50 bits per heavy atom. The van der Waals surface area contributed by atoms with Gasteiger partial charge in [-0.3, -0.25) is 4.79 Å². The third-order valence-electron chi connectivity index (χ3n) is 0. The Morgan fingerprint density at radius 1 is 1.50 bits per heavy atom. The van der Waals surface area contributed by atoms with Crippen molar-refractivity contribution in [2.24, 2.45) is 0 Å². The van der Waals surface area contributed by atoms with Crippen LogP contribution in [0.4, 0.5) is 0 Å². The molecule has 0 atom stereocenters. The Labute approximate surface area is 66.1 Å².